The second-order valence-corrected chi connectivity index (χ2v) is 4.92. The van der Waals surface area contributed by atoms with Crippen molar-refractivity contribution < 1.29 is 4.86 Å². The molecule has 2 rings (SSSR count). The van der Waals surface area contributed by atoms with Crippen molar-refractivity contribution in [3.05, 3.63) is 63.3 Å². The van der Waals surface area contributed by atoms with Crippen LogP contribution in [-0.4, -0.2) is 4.86 Å². The summed E-state index contributed by atoms with van der Waals surface area (Å²) < 4.78 is 0.817. The normalized spacial score (nSPS) is 11.6. The van der Waals surface area contributed by atoms with Crippen LogP contribution in [0, 0.1) is 19.1 Å². The highest BCUT2D eigenvalue weighted by Crippen LogP contribution is 2.30. The van der Waals surface area contributed by atoms with Gasteiger partial charge in [-0.2, -0.15) is 0 Å². The molecule has 0 aliphatic heterocycles. The zero-order valence-electron chi connectivity index (χ0n) is 10.2. The summed E-state index contributed by atoms with van der Waals surface area (Å²) in [4.78, 5) is 0.669. The third-order valence-corrected chi connectivity index (χ3v) is 3.34. The molecule has 0 aromatic heterocycles. The maximum atomic E-state index is 12.1. The van der Waals surface area contributed by atoms with E-state index < -0.39 is 0 Å². The smallest absolute Gasteiger partial charge is 0.247 e. The summed E-state index contributed by atoms with van der Waals surface area (Å²) in [7, 11) is 0. The number of hydrogen-bond donors (Lipinski definition) is 0. The minimum absolute atomic E-state index is 0.563. The van der Waals surface area contributed by atoms with E-state index >= 15 is 0 Å². The Morgan fingerprint density at radius 1 is 1.00 bits per heavy atom. The van der Waals surface area contributed by atoms with E-state index in [-0.39, 0.29) is 0 Å². The molecule has 2 aromatic rings. The standard InChI is InChI=1S/C14H13BrN2O/c1-10-6-3-4-9-13(10)17(18)16-14-11(2)7-5-8-12(14)15/h3-9H,1-2H3. The summed E-state index contributed by atoms with van der Waals surface area (Å²) in [6.45, 7) is 3.82. The van der Waals surface area contributed by atoms with E-state index in [0.29, 0.717) is 16.2 Å². The van der Waals surface area contributed by atoms with Crippen LogP contribution < -0.4 is 0 Å². The highest BCUT2D eigenvalue weighted by molar-refractivity contribution is 9.10. The third-order valence-electron chi connectivity index (χ3n) is 2.70. The maximum absolute atomic E-state index is 12.1. The fourth-order valence-electron chi connectivity index (χ4n) is 1.67. The summed E-state index contributed by atoms with van der Waals surface area (Å²) in [5, 5.41) is 16.2. The van der Waals surface area contributed by atoms with Gasteiger partial charge in [0.25, 0.3) is 0 Å². The van der Waals surface area contributed by atoms with E-state index in [1.807, 2.05) is 50.2 Å². The van der Waals surface area contributed by atoms with E-state index in [2.05, 4.69) is 21.0 Å². The summed E-state index contributed by atoms with van der Waals surface area (Å²) >= 11 is 3.41. The van der Waals surface area contributed by atoms with Crippen molar-refractivity contribution in [1.29, 1.82) is 0 Å². The van der Waals surface area contributed by atoms with Crippen molar-refractivity contribution >= 4 is 27.3 Å². The zero-order valence-corrected chi connectivity index (χ0v) is 11.8. The lowest BCUT2D eigenvalue weighted by atomic mass is 10.2. The average molecular weight is 305 g/mol. The van der Waals surface area contributed by atoms with Crippen LogP contribution in [0.5, 0.6) is 0 Å². The molecule has 2 aromatic carbocycles. The van der Waals surface area contributed by atoms with Gasteiger partial charge in [0, 0.05) is 21.2 Å². The summed E-state index contributed by atoms with van der Waals surface area (Å²) in [6, 6.07) is 13.1. The van der Waals surface area contributed by atoms with Gasteiger partial charge in [-0.3, -0.25) is 0 Å². The molecule has 18 heavy (non-hydrogen) atoms. The van der Waals surface area contributed by atoms with Gasteiger partial charge < -0.3 is 5.21 Å². The van der Waals surface area contributed by atoms with Crippen molar-refractivity contribution in [3.63, 3.8) is 0 Å². The quantitative estimate of drug-likeness (QED) is 0.437. The van der Waals surface area contributed by atoms with Crippen LogP contribution in [0.2, 0.25) is 0 Å². The predicted molar refractivity (Wildman–Crippen MR) is 75.4 cm³/mol. The molecule has 0 bridgehead atoms. The molecule has 0 unspecified atom stereocenters. The molecule has 0 N–H and O–H groups in total. The van der Waals surface area contributed by atoms with Crippen LogP contribution in [0.4, 0.5) is 11.4 Å². The van der Waals surface area contributed by atoms with Gasteiger partial charge in [0.2, 0.25) is 5.69 Å². The molecule has 0 aliphatic rings. The van der Waals surface area contributed by atoms with Gasteiger partial charge in [-0.15, -0.1) is 0 Å². The predicted octanol–water partition coefficient (Wildman–Crippen LogP) is 4.99. The maximum Gasteiger partial charge on any atom is 0.247 e. The molecule has 0 radical (unpaired) electrons. The van der Waals surface area contributed by atoms with E-state index in [1.165, 1.54) is 0 Å². The molecular formula is C14H13BrN2O. The highest BCUT2D eigenvalue weighted by Gasteiger charge is 2.10. The number of halogens is 1. The Balaban J connectivity index is 2.49. The van der Waals surface area contributed by atoms with E-state index in [9.17, 15) is 5.21 Å². The van der Waals surface area contributed by atoms with Crippen molar-refractivity contribution in [2.24, 2.45) is 5.11 Å². The first kappa shape index (κ1) is 12.8. The van der Waals surface area contributed by atoms with Gasteiger partial charge in [0.05, 0.1) is 0 Å². The number of aryl methyl sites for hydroxylation is 2. The lowest BCUT2D eigenvalue weighted by molar-refractivity contribution is -0.436. The first-order chi connectivity index (χ1) is 8.59. The van der Waals surface area contributed by atoms with Crippen LogP contribution in [0.15, 0.2) is 52.1 Å². The minimum Gasteiger partial charge on any atom is -0.594 e. The van der Waals surface area contributed by atoms with Gasteiger partial charge in [0.15, 0.2) is 0 Å². The Morgan fingerprint density at radius 3 is 2.33 bits per heavy atom. The fourth-order valence-corrected chi connectivity index (χ4v) is 2.22. The summed E-state index contributed by atoms with van der Waals surface area (Å²) in [6.07, 6.45) is 0. The largest absolute Gasteiger partial charge is 0.594 e. The third kappa shape index (κ3) is 2.59. The number of benzene rings is 2. The van der Waals surface area contributed by atoms with Crippen LogP contribution >= 0.6 is 15.9 Å². The SMILES string of the molecule is Cc1ccccc1[N+]([O-])=Nc1c(C)cccc1Br. The lowest BCUT2D eigenvalue weighted by Gasteiger charge is -2.04. The number of azo groups is 1. The van der Waals surface area contributed by atoms with Gasteiger partial charge in [0.1, 0.15) is 5.69 Å². The van der Waals surface area contributed by atoms with Gasteiger partial charge in [-0.1, -0.05) is 30.3 Å². The Bertz CT molecular complexity index is 588. The van der Waals surface area contributed by atoms with Crippen molar-refractivity contribution in [1.82, 2.24) is 0 Å². The Hall–Kier alpha value is -1.68. The van der Waals surface area contributed by atoms with Gasteiger partial charge in [-0.25, -0.2) is 0 Å². The molecule has 0 saturated heterocycles. The van der Waals surface area contributed by atoms with Crippen LogP contribution in [0.1, 0.15) is 11.1 Å². The Morgan fingerprint density at radius 2 is 1.67 bits per heavy atom. The average Bonchev–Trinajstić information content (AvgIpc) is 2.34. The molecule has 0 heterocycles. The molecule has 0 atom stereocenters. The fraction of sp³-hybridized carbons (Fsp3) is 0.143. The first-order valence-corrected chi connectivity index (χ1v) is 6.38. The van der Waals surface area contributed by atoms with Crippen molar-refractivity contribution in [2.75, 3.05) is 0 Å². The molecule has 0 saturated carbocycles. The monoisotopic (exact) mass is 304 g/mol. The Kier molecular flexibility index (Phi) is 3.77. The molecule has 0 fully saturated rings. The number of hydrogen-bond acceptors (Lipinski definition) is 2. The molecule has 92 valence electrons. The van der Waals surface area contributed by atoms with Crippen molar-refractivity contribution in [3.8, 4) is 0 Å². The van der Waals surface area contributed by atoms with Crippen LogP contribution in [-0.2, 0) is 0 Å². The second kappa shape index (κ2) is 5.31. The minimum atomic E-state index is 0.563. The van der Waals surface area contributed by atoms with E-state index in [0.717, 1.165) is 15.6 Å². The van der Waals surface area contributed by atoms with Crippen molar-refractivity contribution in [2.45, 2.75) is 13.8 Å². The lowest BCUT2D eigenvalue weighted by Crippen LogP contribution is -1.93. The van der Waals surface area contributed by atoms with E-state index in [1.54, 1.807) is 6.07 Å². The molecule has 3 nitrogen and oxygen atoms in total. The topological polar surface area (TPSA) is 38.4 Å². The van der Waals surface area contributed by atoms with Gasteiger partial charge in [-0.05, 0) is 46.3 Å². The van der Waals surface area contributed by atoms with Crippen LogP contribution in [0.3, 0.4) is 0 Å². The number of rotatable bonds is 2. The summed E-state index contributed by atoms with van der Waals surface area (Å²) in [5.74, 6) is 0. The summed E-state index contributed by atoms with van der Waals surface area (Å²) in [5.41, 5.74) is 3.09. The molecule has 0 amide bonds. The molecule has 0 spiro atoms. The second-order valence-electron chi connectivity index (χ2n) is 4.06. The molecule has 0 aliphatic carbocycles. The molecular weight excluding hydrogens is 292 g/mol. The highest BCUT2D eigenvalue weighted by atomic mass is 79.9. The van der Waals surface area contributed by atoms with Gasteiger partial charge >= 0.3 is 0 Å². The van der Waals surface area contributed by atoms with Crippen LogP contribution in [0.25, 0.3) is 0 Å². The number of nitrogens with zero attached hydrogens (tertiary/aromatic N) is 2. The first-order valence-electron chi connectivity index (χ1n) is 5.59. The zero-order chi connectivity index (χ0) is 13.1. The number of para-hydroxylation sites is 1. The van der Waals surface area contributed by atoms with E-state index in [4.69, 9.17) is 0 Å². The Labute approximate surface area is 114 Å². The molecule has 4 heteroatoms.